The van der Waals surface area contributed by atoms with E-state index in [1.165, 1.54) is 6.07 Å². The van der Waals surface area contributed by atoms with Gasteiger partial charge in [-0.15, -0.1) is 0 Å². The lowest BCUT2D eigenvalue weighted by atomic mass is 10.1. The highest BCUT2D eigenvalue weighted by Gasteiger charge is 2.20. The van der Waals surface area contributed by atoms with Gasteiger partial charge in [0.1, 0.15) is 0 Å². The van der Waals surface area contributed by atoms with Crippen molar-refractivity contribution in [1.82, 2.24) is 4.57 Å². The molecule has 0 aliphatic rings. The maximum absolute atomic E-state index is 11.9. The first kappa shape index (κ1) is 18.4. The first-order valence-corrected chi connectivity index (χ1v) is 10.4. The van der Waals surface area contributed by atoms with Gasteiger partial charge in [0, 0.05) is 22.1 Å². The zero-order valence-corrected chi connectivity index (χ0v) is 16.5. The van der Waals surface area contributed by atoms with Crippen LogP contribution in [0.2, 0.25) is 0 Å². The van der Waals surface area contributed by atoms with E-state index >= 15 is 0 Å². The van der Waals surface area contributed by atoms with Crippen molar-refractivity contribution >= 4 is 31.7 Å². The molecule has 0 unspecified atom stereocenters. The predicted octanol–water partition coefficient (Wildman–Crippen LogP) is 4.32. The van der Waals surface area contributed by atoms with E-state index < -0.39 is 15.8 Å². The number of carboxylic acids is 1. The van der Waals surface area contributed by atoms with Gasteiger partial charge >= 0.3 is 5.97 Å². The van der Waals surface area contributed by atoms with Crippen LogP contribution < -0.4 is 0 Å². The molecule has 26 heavy (non-hydrogen) atoms. The van der Waals surface area contributed by atoms with E-state index in [1.54, 1.807) is 35.8 Å². The van der Waals surface area contributed by atoms with Crippen LogP contribution in [-0.2, 0) is 9.84 Å². The minimum absolute atomic E-state index is 0.174. The summed E-state index contributed by atoms with van der Waals surface area (Å²) in [6, 6.07) is 15.6. The number of halogens is 1. The fourth-order valence-electron chi connectivity index (χ4n) is 2.84. The highest BCUT2D eigenvalue weighted by atomic mass is 79.9. The molecule has 5 nitrogen and oxygen atoms in total. The van der Waals surface area contributed by atoms with Gasteiger partial charge < -0.3 is 9.67 Å². The van der Waals surface area contributed by atoms with Gasteiger partial charge in [-0.1, -0.05) is 34.1 Å². The smallest absolute Gasteiger partial charge is 0.337 e. The number of sulfone groups is 1. The van der Waals surface area contributed by atoms with E-state index in [4.69, 9.17) is 0 Å². The van der Waals surface area contributed by atoms with Gasteiger partial charge in [-0.25, -0.2) is 13.2 Å². The van der Waals surface area contributed by atoms with Crippen molar-refractivity contribution < 1.29 is 18.3 Å². The lowest BCUT2D eigenvalue weighted by molar-refractivity contribution is 0.0696. The van der Waals surface area contributed by atoms with Gasteiger partial charge in [-0.2, -0.15) is 0 Å². The average molecular weight is 434 g/mol. The number of carboxylic acid groups (broad SMARTS) is 1. The van der Waals surface area contributed by atoms with Crippen molar-refractivity contribution in [3.8, 4) is 16.9 Å². The van der Waals surface area contributed by atoms with Gasteiger partial charge in [0.15, 0.2) is 9.84 Å². The Kier molecular flexibility index (Phi) is 4.77. The second-order valence-electron chi connectivity index (χ2n) is 5.95. The molecule has 1 N–H and O–H groups in total. The summed E-state index contributed by atoms with van der Waals surface area (Å²) in [6.45, 7) is 1.71. The quantitative estimate of drug-likeness (QED) is 0.664. The Balaban J connectivity index is 2.30. The van der Waals surface area contributed by atoms with Gasteiger partial charge in [-0.05, 0) is 48.9 Å². The summed E-state index contributed by atoms with van der Waals surface area (Å²) in [6.07, 6.45) is 1.15. The zero-order valence-electron chi connectivity index (χ0n) is 14.1. The molecule has 0 radical (unpaired) electrons. The largest absolute Gasteiger partial charge is 0.478 e. The molecule has 0 aliphatic heterocycles. The molecule has 0 amide bonds. The molecule has 1 heterocycles. The molecule has 2 aromatic carbocycles. The number of hydrogen-bond donors (Lipinski definition) is 1. The summed E-state index contributed by atoms with van der Waals surface area (Å²) >= 11 is 3.39. The Bertz CT molecular complexity index is 1100. The molecule has 1 aromatic heterocycles. The van der Waals surface area contributed by atoms with Crippen molar-refractivity contribution in [1.29, 1.82) is 0 Å². The predicted molar refractivity (Wildman–Crippen MR) is 104 cm³/mol. The summed E-state index contributed by atoms with van der Waals surface area (Å²) < 4.78 is 26.5. The fraction of sp³-hybridized carbons (Fsp3) is 0.105. The monoisotopic (exact) mass is 433 g/mol. The zero-order chi connectivity index (χ0) is 19.1. The summed E-state index contributed by atoms with van der Waals surface area (Å²) in [5.74, 6) is -1.03. The Morgan fingerprint density at radius 2 is 1.73 bits per heavy atom. The van der Waals surface area contributed by atoms with E-state index in [0.717, 1.165) is 16.3 Å². The fourth-order valence-corrected chi connectivity index (χ4v) is 3.77. The van der Waals surface area contributed by atoms with Crippen molar-refractivity contribution in [3.05, 3.63) is 70.3 Å². The summed E-state index contributed by atoms with van der Waals surface area (Å²) in [5, 5.41) is 9.51. The lowest BCUT2D eigenvalue weighted by Crippen LogP contribution is -2.04. The van der Waals surface area contributed by atoms with Gasteiger partial charge in [0.2, 0.25) is 0 Å². The summed E-state index contributed by atoms with van der Waals surface area (Å²) in [5.41, 5.74) is 2.80. The van der Waals surface area contributed by atoms with Crippen LogP contribution in [0.4, 0.5) is 0 Å². The standard InChI is InChI=1S/C19H16BrNO4S/c1-12-17(19(22)23)11-18(13-6-8-14(20)9-7-13)21(12)15-4-3-5-16(10-15)26(2,24)25/h3-11H,1-2H3,(H,22,23). The van der Waals surface area contributed by atoms with E-state index in [-0.39, 0.29) is 10.5 Å². The van der Waals surface area contributed by atoms with Crippen LogP contribution in [0.5, 0.6) is 0 Å². The van der Waals surface area contributed by atoms with E-state index in [9.17, 15) is 18.3 Å². The van der Waals surface area contributed by atoms with Gasteiger partial charge in [0.25, 0.3) is 0 Å². The van der Waals surface area contributed by atoms with Crippen LogP contribution in [0.1, 0.15) is 16.1 Å². The molecule has 0 atom stereocenters. The Morgan fingerprint density at radius 3 is 2.31 bits per heavy atom. The van der Waals surface area contributed by atoms with Crippen LogP contribution in [0.15, 0.2) is 64.0 Å². The number of carbonyl (C=O) groups is 1. The molecule has 7 heteroatoms. The van der Waals surface area contributed by atoms with Crippen molar-refractivity contribution in [2.75, 3.05) is 6.26 Å². The molecule has 0 aliphatic carbocycles. The van der Waals surface area contributed by atoms with Gasteiger partial charge in [-0.3, -0.25) is 0 Å². The number of nitrogens with zero attached hydrogens (tertiary/aromatic N) is 1. The Hall–Kier alpha value is -2.38. The molecular weight excluding hydrogens is 418 g/mol. The summed E-state index contributed by atoms with van der Waals surface area (Å²) in [4.78, 5) is 11.8. The van der Waals surface area contributed by atoms with Crippen LogP contribution in [0.3, 0.4) is 0 Å². The van der Waals surface area contributed by atoms with Crippen molar-refractivity contribution in [2.45, 2.75) is 11.8 Å². The van der Waals surface area contributed by atoms with Crippen LogP contribution in [0, 0.1) is 6.92 Å². The molecule has 3 aromatic rings. The lowest BCUT2D eigenvalue weighted by Gasteiger charge is -2.13. The minimum atomic E-state index is -3.37. The summed E-state index contributed by atoms with van der Waals surface area (Å²) in [7, 11) is -3.37. The minimum Gasteiger partial charge on any atom is -0.478 e. The maximum Gasteiger partial charge on any atom is 0.337 e. The SMILES string of the molecule is Cc1c(C(=O)O)cc(-c2ccc(Br)cc2)n1-c1cccc(S(C)(=O)=O)c1. The molecule has 0 fully saturated rings. The average Bonchev–Trinajstić information content (AvgIpc) is 2.92. The van der Waals surface area contributed by atoms with Crippen LogP contribution in [0.25, 0.3) is 16.9 Å². The number of aromatic nitrogens is 1. The Morgan fingerprint density at radius 1 is 1.08 bits per heavy atom. The highest BCUT2D eigenvalue weighted by molar-refractivity contribution is 9.10. The number of benzene rings is 2. The molecule has 134 valence electrons. The molecule has 0 spiro atoms. The van der Waals surface area contributed by atoms with Crippen LogP contribution in [-0.4, -0.2) is 30.3 Å². The normalized spacial score (nSPS) is 11.5. The van der Waals surface area contributed by atoms with Crippen LogP contribution >= 0.6 is 15.9 Å². The maximum atomic E-state index is 11.9. The Labute approximate surface area is 160 Å². The second kappa shape index (κ2) is 6.74. The van der Waals surface area contributed by atoms with Crippen molar-refractivity contribution in [3.63, 3.8) is 0 Å². The van der Waals surface area contributed by atoms with E-state index in [0.29, 0.717) is 17.1 Å². The third-order valence-electron chi connectivity index (χ3n) is 4.12. The molecule has 0 saturated carbocycles. The second-order valence-corrected chi connectivity index (χ2v) is 8.88. The topological polar surface area (TPSA) is 76.4 Å². The molecule has 3 rings (SSSR count). The van der Waals surface area contributed by atoms with Crippen molar-refractivity contribution in [2.24, 2.45) is 0 Å². The molecule has 0 saturated heterocycles. The third kappa shape index (κ3) is 3.45. The first-order valence-electron chi connectivity index (χ1n) is 7.70. The number of rotatable bonds is 4. The molecular formula is C19H16BrNO4S. The number of aromatic carboxylic acids is 1. The highest BCUT2D eigenvalue weighted by Crippen LogP contribution is 2.31. The van der Waals surface area contributed by atoms with E-state index in [1.807, 2.05) is 24.3 Å². The first-order chi connectivity index (χ1) is 12.2. The van der Waals surface area contributed by atoms with Gasteiger partial charge in [0.05, 0.1) is 16.2 Å². The third-order valence-corrected chi connectivity index (χ3v) is 5.76. The van der Waals surface area contributed by atoms with E-state index in [2.05, 4.69) is 15.9 Å². The molecule has 0 bridgehead atoms. The number of hydrogen-bond acceptors (Lipinski definition) is 3.